The third kappa shape index (κ3) is 3.98. The second-order valence-electron chi connectivity index (χ2n) is 6.90. The molecular weight excluding hydrogens is 308 g/mol. The van der Waals surface area contributed by atoms with Gasteiger partial charge in [-0.1, -0.05) is 37.3 Å². The minimum absolute atomic E-state index is 0.528. The summed E-state index contributed by atoms with van der Waals surface area (Å²) in [5.41, 5.74) is 3.68. The Morgan fingerprint density at radius 1 is 1.12 bits per heavy atom. The summed E-state index contributed by atoms with van der Waals surface area (Å²) in [5, 5.41) is 3.49. The van der Waals surface area contributed by atoms with Crippen LogP contribution in [-0.4, -0.2) is 32.3 Å². The van der Waals surface area contributed by atoms with Gasteiger partial charge in [-0.05, 0) is 63.0 Å². The van der Waals surface area contributed by atoms with Crippen LogP contribution in [0.1, 0.15) is 33.1 Å². The fraction of sp³-hybridized carbons (Fsp3) is 0.455. The average molecular weight is 338 g/mol. The zero-order chi connectivity index (χ0) is 17.6. The third-order valence-electron chi connectivity index (χ3n) is 5.33. The molecule has 1 atom stereocenters. The number of anilines is 1. The molecule has 2 aromatic rings. The monoisotopic (exact) mass is 338 g/mol. The minimum Gasteiger partial charge on any atom is -0.496 e. The molecule has 0 spiro atoms. The van der Waals surface area contributed by atoms with Crippen molar-refractivity contribution in [2.75, 3.05) is 25.1 Å². The van der Waals surface area contributed by atoms with Gasteiger partial charge in [-0.25, -0.2) is 0 Å². The van der Waals surface area contributed by atoms with Crippen LogP contribution >= 0.6 is 0 Å². The molecule has 1 aliphatic rings. The fourth-order valence-corrected chi connectivity index (χ4v) is 3.81. The molecule has 0 radical (unpaired) electrons. The number of benzene rings is 2. The Hall–Kier alpha value is -2.00. The SMILES string of the molecule is CCC(C)N(c1ccc(OC)c(-c2ccccc2)c1)C1CCNCC1. The van der Waals surface area contributed by atoms with Crippen LogP contribution < -0.4 is 15.0 Å². The van der Waals surface area contributed by atoms with Crippen molar-refractivity contribution in [3.8, 4) is 16.9 Å². The highest BCUT2D eigenvalue weighted by atomic mass is 16.5. The molecule has 25 heavy (non-hydrogen) atoms. The van der Waals surface area contributed by atoms with E-state index in [1.807, 2.05) is 0 Å². The van der Waals surface area contributed by atoms with Gasteiger partial charge in [0, 0.05) is 23.3 Å². The van der Waals surface area contributed by atoms with Crippen LogP contribution in [0.2, 0.25) is 0 Å². The van der Waals surface area contributed by atoms with Crippen molar-refractivity contribution in [1.82, 2.24) is 5.32 Å². The van der Waals surface area contributed by atoms with Crippen molar-refractivity contribution in [3.63, 3.8) is 0 Å². The highest BCUT2D eigenvalue weighted by Crippen LogP contribution is 2.36. The van der Waals surface area contributed by atoms with Crippen molar-refractivity contribution in [2.24, 2.45) is 0 Å². The van der Waals surface area contributed by atoms with E-state index < -0.39 is 0 Å². The van der Waals surface area contributed by atoms with Gasteiger partial charge in [0.1, 0.15) is 5.75 Å². The first-order valence-electron chi connectivity index (χ1n) is 9.47. The molecule has 0 bridgehead atoms. The second-order valence-corrected chi connectivity index (χ2v) is 6.90. The van der Waals surface area contributed by atoms with E-state index in [-0.39, 0.29) is 0 Å². The minimum atomic E-state index is 0.528. The highest BCUT2D eigenvalue weighted by Gasteiger charge is 2.25. The molecule has 1 aliphatic heterocycles. The molecule has 0 aliphatic carbocycles. The van der Waals surface area contributed by atoms with Crippen molar-refractivity contribution >= 4 is 5.69 Å². The van der Waals surface area contributed by atoms with E-state index in [2.05, 4.69) is 72.6 Å². The number of hydrogen-bond donors (Lipinski definition) is 1. The van der Waals surface area contributed by atoms with E-state index in [9.17, 15) is 0 Å². The Bertz CT molecular complexity index is 665. The average Bonchev–Trinajstić information content (AvgIpc) is 2.69. The van der Waals surface area contributed by atoms with Gasteiger partial charge < -0.3 is 15.0 Å². The Balaban J connectivity index is 2.01. The van der Waals surface area contributed by atoms with E-state index in [1.54, 1.807) is 7.11 Å². The first-order chi connectivity index (χ1) is 12.2. The first-order valence-corrected chi connectivity index (χ1v) is 9.47. The van der Waals surface area contributed by atoms with Gasteiger partial charge in [0.25, 0.3) is 0 Å². The molecule has 0 saturated carbocycles. The van der Waals surface area contributed by atoms with Crippen LogP contribution in [-0.2, 0) is 0 Å². The van der Waals surface area contributed by atoms with E-state index in [4.69, 9.17) is 4.74 Å². The summed E-state index contributed by atoms with van der Waals surface area (Å²) < 4.78 is 5.64. The van der Waals surface area contributed by atoms with Crippen molar-refractivity contribution < 1.29 is 4.74 Å². The predicted octanol–water partition coefficient (Wildman–Crippen LogP) is 4.72. The van der Waals surface area contributed by atoms with Gasteiger partial charge in [-0.15, -0.1) is 0 Å². The Morgan fingerprint density at radius 3 is 2.48 bits per heavy atom. The molecular formula is C22H30N2O. The van der Waals surface area contributed by atoms with Gasteiger partial charge in [0.05, 0.1) is 7.11 Å². The van der Waals surface area contributed by atoms with E-state index in [0.29, 0.717) is 12.1 Å². The summed E-state index contributed by atoms with van der Waals surface area (Å²) in [6.07, 6.45) is 3.56. The van der Waals surface area contributed by atoms with E-state index in [0.717, 1.165) is 25.3 Å². The molecule has 134 valence electrons. The topological polar surface area (TPSA) is 24.5 Å². The van der Waals surface area contributed by atoms with Crippen molar-refractivity contribution in [3.05, 3.63) is 48.5 Å². The molecule has 1 N–H and O–H groups in total. The summed E-state index contributed by atoms with van der Waals surface area (Å²) in [7, 11) is 1.75. The zero-order valence-corrected chi connectivity index (χ0v) is 15.7. The van der Waals surface area contributed by atoms with E-state index >= 15 is 0 Å². The molecule has 3 rings (SSSR count). The lowest BCUT2D eigenvalue weighted by Crippen LogP contribution is -2.47. The number of rotatable bonds is 6. The smallest absolute Gasteiger partial charge is 0.126 e. The Kier molecular flexibility index (Phi) is 5.98. The maximum absolute atomic E-state index is 5.64. The molecule has 3 heteroatoms. The summed E-state index contributed by atoms with van der Waals surface area (Å²) in [6.45, 7) is 6.84. The Morgan fingerprint density at radius 2 is 1.84 bits per heavy atom. The van der Waals surface area contributed by atoms with Crippen LogP contribution in [0.25, 0.3) is 11.1 Å². The maximum atomic E-state index is 5.64. The Labute approximate surface area is 152 Å². The van der Waals surface area contributed by atoms with Crippen LogP contribution in [0.3, 0.4) is 0 Å². The van der Waals surface area contributed by atoms with Gasteiger partial charge in [0.2, 0.25) is 0 Å². The lowest BCUT2D eigenvalue weighted by molar-refractivity contribution is 0.401. The van der Waals surface area contributed by atoms with Gasteiger partial charge >= 0.3 is 0 Å². The quantitative estimate of drug-likeness (QED) is 0.825. The maximum Gasteiger partial charge on any atom is 0.126 e. The summed E-state index contributed by atoms with van der Waals surface area (Å²) in [5.74, 6) is 0.935. The standard InChI is InChI=1S/C22H30N2O/c1-4-17(2)24(19-12-14-23-15-13-19)20-10-11-22(25-3)21(16-20)18-8-6-5-7-9-18/h5-11,16-17,19,23H,4,12-15H2,1-3H3. The summed E-state index contributed by atoms with van der Waals surface area (Å²) >= 11 is 0. The molecule has 1 heterocycles. The summed E-state index contributed by atoms with van der Waals surface area (Å²) in [6, 6.07) is 18.3. The molecule has 3 nitrogen and oxygen atoms in total. The van der Waals surface area contributed by atoms with Crippen LogP contribution in [0.5, 0.6) is 5.75 Å². The third-order valence-corrected chi connectivity index (χ3v) is 5.33. The van der Waals surface area contributed by atoms with Gasteiger partial charge in [-0.2, -0.15) is 0 Å². The van der Waals surface area contributed by atoms with E-state index in [1.165, 1.54) is 29.7 Å². The first kappa shape index (κ1) is 17.8. The van der Waals surface area contributed by atoms with Crippen LogP contribution in [0, 0.1) is 0 Å². The lowest BCUT2D eigenvalue weighted by atomic mass is 9.98. The van der Waals surface area contributed by atoms with Crippen molar-refractivity contribution in [1.29, 1.82) is 0 Å². The van der Waals surface area contributed by atoms with Crippen molar-refractivity contribution in [2.45, 2.75) is 45.2 Å². The number of nitrogens with one attached hydrogen (secondary N) is 1. The van der Waals surface area contributed by atoms with Crippen LogP contribution in [0.15, 0.2) is 48.5 Å². The molecule has 1 unspecified atom stereocenters. The zero-order valence-electron chi connectivity index (χ0n) is 15.7. The summed E-state index contributed by atoms with van der Waals surface area (Å²) in [4.78, 5) is 2.63. The highest BCUT2D eigenvalue weighted by molar-refractivity contribution is 5.75. The molecule has 1 fully saturated rings. The molecule has 0 amide bonds. The molecule has 0 aromatic heterocycles. The largest absolute Gasteiger partial charge is 0.496 e. The van der Waals surface area contributed by atoms with Crippen LogP contribution in [0.4, 0.5) is 5.69 Å². The normalized spacial score (nSPS) is 16.4. The molecule has 1 saturated heterocycles. The number of hydrogen-bond acceptors (Lipinski definition) is 3. The van der Waals surface area contributed by atoms with Gasteiger partial charge in [0.15, 0.2) is 0 Å². The number of piperidine rings is 1. The second kappa shape index (κ2) is 8.39. The fourth-order valence-electron chi connectivity index (χ4n) is 3.81. The predicted molar refractivity (Wildman–Crippen MR) is 107 cm³/mol. The number of methoxy groups -OCH3 is 1. The molecule has 2 aromatic carbocycles. The lowest BCUT2D eigenvalue weighted by Gasteiger charge is -2.40. The number of ether oxygens (including phenoxy) is 1. The van der Waals surface area contributed by atoms with Gasteiger partial charge in [-0.3, -0.25) is 0 Å². The number of nitrogens with zero attached hydrogens (tertiary/aromatic N) is 1.